The normalized spacial score (nSPS) is 10.5. The van der Waals surface area contributed by atoms with Gasteiger partial charge in [0.15, 0.2) is 0 Å². The minimum atomic E-state index is -0.661. The number of aromatic nitrogens is 1. The zero-order valence-corrected chi connectivity index (χ0v) is 15.1. The van der Waals surface area contributed by atoms with E-state index >= 15 is 0 Å². The van der Waals surface area contributed by atoms with Gasteiger partial charge in [-0.15, -0.1) is 11.3 Å². The summed E-state index contributed by atoms with van der Waals surface area (Å²) in [6, 6.07) is 11.2. The van der Waals surface area contributed by atoms with Crippen LogP contribution in [0, 0.1) is 0 Å². The van der Waals surface area contributed by atoms with Crippen molar-refractivity contribution in [3.63, 3.8) is 0 Å². The van der Waals surface area contributed by atoms with Crippen LogP contribution in [0.4, 0.5) is 9.80 Å². The lowest BCUT2D eigenvalue weighted by Gasteiger charge is -2.19. The number of phenols is 1. The number of phenolic OH excluding ortho intramolecular Hbond substituents is 1. The van der Waals surface area contributed by atoms with Gasteiger partial charge in [0, 0.05) is 23.8 Å². The Bertz CT molecular complexity index is 955. The van der Waals surface area contributed by atoms with Crippen LogP contribution in [0.5, 0.6) is 5.75 Å². The highest BCUT2D eigenvalue weighted by atomic mass is 32.1. The first-order valence-corrected chi connectivity index (χ1v) is 8.96. The second-order valence-electron chi connectivity index (χ2n) is 5.84. The number of primary amides is 2. The molecule has 2 aromatic heterocycles. The standard InChI is InChI=1S/C19H18N4O3S/c20-17(25)15-11-16(13-1-3-14(24)4-2-13)27-18(15)23(19(21)26)10-7-12-5-8-22-9-6-12/h1-6,8-9,11,24H,7,10H2,(H2,20,25)(H2,21,26). The van der Waals surface area contributed by atoms with Gasteiger partial charge in [0.2, 0.25) is 0 Å². The number of nitrogens with two attached hydrogens (primary N) is 2. The average Bonchev–Trinajstić information content (AvgIpc) is 3.08. The van der Waals surface area contributed by atoms with Gasteiger partial charge in [0.25, 0.3) is 5.91 Å². The van der Waals surface area contributed by atoms with Crippen molar-refractivity contribution in [3.05, 3.63) is 66.0 Å². The first-order chi connectivity index (χ1) is 13.0. The van der Waals surface area contributed by atoms with Gasteiger partial charge in [0.1, 0.15) is 10.8 Å². The molecule has 27 heavy (non-hydrogen) atoms. The van der Waals surface area contributed by atoms with E-state index in [4.69, 9.17) is 11.5 Å². The molecule has 0 atom stereocenters. The topological polar surface area (TPSA) is 123 Å². The molecule has 0 aliphatic heterocycles. The van der Waals surface area contributed by atoms with Crippen LogP contribution < -0.4 is 16.4 Å². The first kappa shape index (κ1) is 18.4. The molecule has 3 rings (SSSR count). The molecule has 7 nitrogen and oxygen atoms in total. The molecule has 8 heteroatoms. The number of thiophene rings is 1. The SMILES string of the molecule is NC(=O)c1cc(-c2ccc(O)cc2)sc1N(CCc1ccncc1)C(N)=O. The predicted molar refractivity (Wildman–Crippen MR) is 105 cm³/mol. The van der Waals surface area contributed by atoms with E-state index in [9.17, 15) is 14.7 Å². The molecule has 0 saturated carbocycles. The van der Waals surface area contributed by atoms with Crippen molar-refractivity contribution in [2.24, 2.45) is 11.5 Å². The minimum Gasteiger partial charge on any atom is -0.508 e. The summed E-state index contributed by atoms with van der Waals surface area (Å²) in [5, 5.41) is 9.86. The van der Waals surface area contributed by atoms with E-state index in [1.165, 1.54) is 16.2 Å². The van der Waals surface area contributed by atoms with Crippen molar-refractivity contribution < 1.29 is 14.7 Å². The molecule has 0 aliphatic carbocycles. The summed E-state index contributed by atoms with van der Waals surface area (Å²) in [5.41, 5.74) is 13.1. The summed E-state index contributed by atoms with van der Waals surface area (Å²) in [6.07, 6.45) is 3.90. The summed E-state index contributed by atoms with van der Waals surface area (Å²) < 4.78 is 0. The van der Waals surface area contributed by atoms with Crippen LogP contribution in [0.3, 0.4) is 0 Å². The van der Waals surface area contributed by atoms with E-state index in [1.54, 1.807) is 42.7 Å². The Morgan fingerprint density at radius 2 is 1.74 bits per heavy atom. The third kappa shape index (κ3) is 4.24. The molecule has 2 heterocycles. The molecule has 5 N–H and O–H groups in total. The van der Waals surface area contributed by atoms with Crippen molar-refractivity contribution >= 4 is 28.3 Å². The molecule has 138 valence electrons. The van der Waals surface area contributed by atoms with Crippen molar-refractivity contribution in [1.82, 2.24) is 4.98 Å². The van der Waals surface area contributed by atoms with Gasteiger partial charge >= 0.3 is 6.03 Å². The number of pyridine rings is 1. The van der Waals surface area contributed by atoms with Crippen LogP contribution in [0.2, 0.25) is 0 Å². The Morgan fingerprint density at radius 3 is 2.33 bits per heavy atom. The number of anilines is 1. The highest BCUT2D eigenvalue weighted by Crippen LogP contribution is 2.38. The molecule has 0 radical (unpaired) electrons. The number of hydrogen-bond acceptors (Lipinski definition) is 5. The molecule has 0 fully saturated rings. The Balaban J connectivity index is 1.94. The summed E-state index contributed by atoms with van der Waals surface area (Å²) in [5.74, 6) is -0.497. The number of benzene rings is 1. The maximum atomic E-state index is 12.0. The predicted octanol–water partition coefficient (Wildman–Crippen LogP) is 2.74. The maximum Gasteiger partial charge on any atom is 0.319 e. The summed E-state index contributed by atoms with van der Waals surface area (Å²) in [4.78, 5) is 30.0. The number of carbonyl (C=O) groups is 2. The third-order valence-corrected chi connectivity index (χ3v) is 5.22. The van der Waals surface area contributed by atoms with Gasteiger partial charge in [0.05, 0.1) is 5.56 Å². The van der Waals surface area contributed by atoms with Gasteiger partial charge in [-0.2, -0.15) is 0 Å². The van der Waals surface area contributed by atoms with Crippen molar-refractivity contribution in [1.29, 1.82) is 0 Å². The Morgan fingerprint density at radius 1 is 1.07 bits per heavy atom. The van der Waals surface area contributed by atoms with Crippen LogP contribution in [0.25, 0.3) is 10.4 Å². The van der Waals surface area contributed by atoms with E-state index < -0.39 is 11.9 Å². The van der Waals surface area contributed by atoms with Gasteiger partial charge in [-0.25, -0.2) is 4.79 Å². The Hall–Kier alpha value is -3.39. The third-order valence-electron chi connectivity index (χ3n) is 4.01. The largest absolute Gasteiger partial charge is 0.508 e. The highest BCUT2D eigenvalue weighted by Gasteiger charge is 2.23. The number of nitrogens with zero attached hydrogens (tertiary/aromatic N) is 2. The lowest BCUT2D eigenvalue weighted by Crippen LogP contribution is -2.38. The highest BCUT2D eigenvalue weighted by molar-refractivity contribution is 7.20. The van der Waals surface area contributed by atoms with Gasteiger partial charge < -0.3 is 16.6 Å². The van der Waals surface area contributed by atoms with Crippen LogP contribution >= 0.6 is 11.3 Å². The molecule has 0 aliphatic rings. The smallest absolute Gasteiger partial charge is 0.319 e. The molecular weight excluding hydrogens is 364 g/mol. The molecule has 1 aromatic carbocycles. The minimum absolute atomic E-state index is 0.141. The zero-order valence-electron chi connectivity index (χ0n) is 14.3. The molecular formula is C19H18N4O3S. The van der Waals surface area contributed by atoms with E-state index in [2.05, 4.69) is 4.98 Å². The van der Waals surface area contributed by atoms with Crippen LogP contribution in [0.1, 0.15) is 15.9 Å². The van der Waals surface area contributed by atoms with E-state index in [1.807, 2.05) is 12.1 Å². The number of urea groups is 1. The van der Waals surface area contributed by atoms with E-state index in [0.717, 1.165) is 16.0 Å². The number of hydrogen-bond donors (Lipinski definition) is 3. The molecule has 0 unspecified atom stereocenters. The molecule has 0 saturated heterocycles. The lowest BCUT2D eigenvalue weighted by atomic mass is 10.1. The summed E-state index contributed by atoms with van der Waals surface area (Å²) >= 11 is 1.25. The fourth-order valence-electron chi connectivity index (χ4n) is 2.63. The number of aromatic hydroxyl groups is 1. The number of carbonyl (C=O) groups excluding carboxylic acids is 2. The maximum absolute atomic E-state index is 12.0. The Kier molecular flexibility index (Phi) is 5.37. The molecule has 3 amide bonds. The van der Waals surface area contributed by atoms with E-state index in [0.29, 0.717) is 18.0 Å². The van der Waals surface area contributed by atoms with Crippen molar-refractivity contribution in [3.8, 4) is 16.2 Å². The monoisotopic (exact) mass is 382 g/mol. The van der Waals surface area contributed by atoms with Crippen molar-refractivity contribution in [2.45, 2.75) is 6.42 Å². The zero-order chi connectivity index (χ0) is 19.4. The number of amides is 3. The lowest BCUT2D eigenvalue weighted by molar-refractivity contribution is 0.100. The molecule has 0 spiro atoms. The van der Waals surface area contributed by atoms with Crippen LogP contribution in [0.15, 0.2) is 54.9 Å². The van der Waals surface area contributed by atoms with Gasteiger partial charge in [-0.3, -0.25) is 14.7 Å². The van der Waals surface area contributed by atoms with Crippen LogP contribution in [-0.4, -0.2) is 28.6 Å². The summed E-state index contributed by atoms with van der Waals surface area (Å²) in [7, 11) is 0. The second-order valence-corrected chi connectivity index (χ2v) is 6.87. The summed E-state index contributed by atoms with van der Waals surface area (Å²) in [6.45, 7) is 0.301. The number of rotatable bonds is 6. The molecule has 3 aromatic rings. The van der Waals surface area contributed by atoms with Crippen molar-refractivity contribution in [2.75, 3.05) is 11.4 Å². The van der Waals surface area contributed by atoms with Gasteiger partial charge in [-0.1, -0.05) is 0 Å². The fraction of sp³-hybridized carbons (Fsp3) is 0.105. The average molecular weight is 382 g/mol. The Labute approximate surface area is 159 Å². The fourth-order valence-corrected chi connectivity index (χ4v) is 3.83. The van der Waals surface area contributed by atoms with Crippen LogP contribution in [-0.2, 0) is 6.42 Å². The van der Waals surface area contributed by atoms with E-state index in [-0.39, 0.29) is 11.3 Å². The molecule has 0 bridgehead atoms. The second kappa shape index (κ2) is 7.88. The quantitative estimate of drug-likeness (QED) is 0.606. The first-order valence-electron chi connectivity index (χ1n) is 8.14. The van der Waals surface area contributed by atoms with Gasteiger partial charge in [-0.05, 0) is 60.0 Å².